The van der Waals surface area contributed by atoms with Gasteiger partial charge in [0.1, 0.15) is 5.69 Å². The number of aryl methyl sites for hydroxylation is 1. The molecule has 0 radical (unpaired) electrons. The number of nitrogens with zero attached hydrogens (tertiary/aromatic N) is 3. The molecule has 9 heteroatoms. The third-order valence-corrected chi connectivity index (χ3v) is 2.27. The van der Waals surface area contributed by atoms with Gasteiger partial charge in [0.05, 0.1) is 10.5 Å². The Balaban J connectivity index is 2.29. The fraction of sp³-hybridized carbons (Fsp3) is 0.100. The Hall–Kier alpha value is -2.97. The van der Waals surface area contributed by atoms with Crippen molar-refractivity contribution in [3.63, 3.8) is 0 Å². The number of aromatic nitrogens is 2. The van der Waals surface area contributed by atoms with Crippen molar-refractivity contribution >= 4 is 23.3 Å². The van der Waals surface area contributed by atoms with Crippen LogP contribution in [0.5, 0.6) is 0 Å². The monoisotopic (exact) mass is 263 g/mol. The van der Waals surface area contributed by atoms with E-state index in [1.54, 1.807) is 6.92 Å². The van der Waals surface area contributed by atoms with Gasteiger partial charge in [0.2, 0.25) is 0 Å². The fourth-order valence-electron chi connectivity index (χ4n) is 1.42. The standard InChI is InChI=1S/C10H9N5O4/c1-5-12-10(19-14-5)13-9(16)6-3-2-4-7(8(6)11)15(17)18/h2-4H,11H2,1H3,(H,12,13,14,16). The van der Waals surface area contributed by atoms with Crippen LogP contribution in [0.4, 0.5) is 17.4 Å². The van der Waals surface area contributed by atoms with Crippen LogP contribution in [0.1, 0.15) is 16.2 Å². The number of carbonyl (C=O) groups excluding carboxylic acids is 1. The minimum atomic E-state index is -0.664. The van der Waals surface area contributed by atoms with E-state index in [2.05, 4.69) is 15.5 Å². The van der Waals surface area contributed by atoms with Gasteiger partial charge in [0.25, 0.3) is 11.6 Å². The molecule has 1 aromatic heterocycles. The highest BCUT2D eigenvalue weighted by Crippen LogP contribution is 2.25. The van der Waals surface area contributed by atoms with Crippen molar-refractivity contribution in [2.24, 2.45) is 0 Å². The van der Waals surface area contributed by atoms with Crippen LogP contribution in [0.2, 0.25) is 0 Å². The summed E-state index contributed by atoms with van der Waals surface area (Å²) in [5.74, 6) is -0.313. The largest absolute Gasteiger partial charge is 0.393 e. The van der Waals surface area contributed by atoms with Gasteiger partial charge in [0.15, 0.2) is 5.82 Å². The molecule has 98 valence electrons. The number of rotatable bonds is 3. The Kier molecular flexibility index (Phi) is 3.10. The molecule has 0 bridgehead atoms. The first-order valence-corrected chi connectivity index (χ1v) is 5.13. The summed E-state index contributed by atoms with van der Waals surface area (Å²) in [6, 6.07) is 3.83. The number of nitro groups is 1. The van der Waals surface area contributed by atoms with Crippen LogP contribution in [0, 0.1) is 17.0 Å². The van der Waals surface area contributed by atoms with Gasteiger partial charge in [-0.3, -0.25) is 20.2 Å². The van der Waals surface area contributed by atoms with Gasteiger partial charge in [-0.25, -0.2) is 0 Å². The molecular formula is C10H9N5O4. The van der Waals surface area contributed by atoms with Gasteiger partial charge in [-0.1, -0.05) is 11.2 Å². The van der Waals surface area contributed by atoms with E-state index < -0.39 is 10.8 Å². The van der Waals surface area contributed by atoms with Crippen LogP contribution >= 0.6 is 0 Å². The van der Waals surface area contributed by atoms with Gasteiger partial charge >= 0.3 is 6.01 Å². The number of benzene rings is 1. The molecular weight excluding hydrogens is 254 g/mol. The molecule has 0 saturated heterocycles. The average molecular weight is 263 g/mol. The summed E-state index contributed by atoms with van der Waals surface area (Å²) in [7, 11) is 0. The lowest BCUT2D eigenvalue weighted by atomic mass is 10.1. The first kappa shape index (κ1) is 12.5. The second-order valence-corrected chi connectivity index (χ2v) is 3.60. The van der Waals surface area contributed by atoms with Crippen molar-refractivity contribution in [2.45, 2.75) is 6.92 Å². The van der Waals surface area contributed by atoms with Crippen LogP contribution in [0.25, 0.3) is 0 Å². The molecule has 0 atom stereocenters. The first-order chi connectivity index (χ1) is 8.99. The Morgan fingerprint density at radius 2 is 2.26 bits per heavy atom. The number of carbonyl (C=O) groups is 1. The van der Waals surface area contributed by atoms with E-state index in [1.807, 2.05) is 0 Å². The molecule has 0 spiro atoms. The fourth-order valence-corrected chi connectivity index (χ4v) is 1.42. The summed E-state index contributed by atoms with van der Waals surface area (Å²) < 4.78 is 4.71. The Labute approximate surface area is 106 Å². The van der Waals surface area contributed by atoms with E-state index in [0.717, 1.165) is 0 Å². The third kappa shape index (κ3) is 2.49. The van der Waals surface area contributed by atoms with Crippen molar-refractivity contribution in [1.82, 2.24) is 10.1 Å². The lowest BCUT2D eigenvalue weighted by Gasteiger charge is -2.04. The van der Waals surface area contributed by atoms with Crippen molar-refractivity contribution in [3.05, 3.63) is 39.7 Å². The molecule has 2 rings (SSSR count). The van der Waals surface area contributed by atoms with Crippen molar-refractivity contribution in [3.8, 4) is 0 Å². The van der Waals surface area contributed by atoms with E-state index in [1.165, 1.54) is 18.2 Å². The van der Waals surface area contributed by atoms with Gasteiger partial charge in [-0.2, -0.15) is 4.98 Å². The lowest BCUT2D eigenvalue weighted by Crippen LogP contribution is -2.15. The quantitative estimate of drug-likeness (QED) is 0.480. The van der Waals surface area contributed by atoms with Gasteiger partial charge in [-0.15, -0.1) is 0 Å². The first-order valence-electron chi connectivity index (χ1n) is 5.13. The molecule has 0 aliphatic carbocycles. The number of nitrogen functional groups attached to an aromatic ring is 1. The highest BCUT2D eigenvalue weighted by Gasteiger charge is 2.20. The number of nitrogens with one attached hydrogen (secondary N) is 1. The molecule has 2 aromatic rings. The second-order valence-electron chi connectivity index (χ2n) is 3.60. The normalized spacial score (nSPS) is 10.2. The second kappa shape index (κ2) is 4.72. The molecule has 3 N–H and O–H groups in total. The van der Waals surface area contributed by atoms with Crippen molar-refractivity contribution in [2.75, 3.05) is 11.1 Å². The molecule has 0 saturated carbocycles. The molecule has 0 unspecified atom stereocenters. The molecule has 0 aliphatic heterocycles. The summed E-state index contributed by atoms with van der Waals surface area (Å²) >= 11 is 0. The van der Waals surface area contributed by atoms with E-state index in [0.29, 0.717) is 5.82 Å². The van der Waals surface area contributed by atoms with Crippen LogP contribution in [0.3, 0.4) is 0 Å². The van der Waals surface area contributed by atoms with Gasteiger partial charge < -0.3 is 10.3 Å². The molecule has 9 nitrogen and oxygen atoms in total. The van der Waals surface area contributed by atoms with E-state index in [-0.39, 0.29) is 23.0 Å². The van der Waals surface area contributed by atoms with Crippen LogP contribution < -0.4 is 11.1 Å². The number of para-hydroxylation sites is 1. The maximum Gasteiger partial charge on any atom is 0.328 e. The molecule has 1 amide bonds. The molecule has 19 heavy (non-hydrogen) atoms. The lowest BCUT2D eigenvalue weighted by molar-refractivity contribution is -0.383. The molecule has 1 heterocycles. The van der Waals surface area contributed by atoms with Gasteiger partial charge in [0, 0.05) is 6.07 Å². The Morgan fingerprint density at radius 3 is 2.84 bits per heavy atom. The Bertz CT molecular complexity index is 651. The van der Waals surface area contributed by atoms with Crippen molar-refractivity contribution in [1.29, 1.82) is 0 Å². The summed E-state index contributed by atoms with van der Waals surface area (Å²) in [6.07, 6.45) is 0. The Morgan fingerprint density at radius 1 is 1.53 bits per heavy atom. The molecule has 0 aliphatic rings. The third-order valence-electron chi connectivity index (χ3n) is 2.27. The number of hydrogen-bond acceptors (Lipinski definition) is 7. The number of nitrogens with two attached hydrogens (primary N) is 1. The highest BCUT2D eigenvalue weighted by atomic mass is 16.6. The average Bonchev–Trinajstić information content (AvgIpc) is 2.74. The van der Waals surface area contributed by atoms with E-state index in [4.69, 9.17) is 10.3 Å². The summed E-state index contributed by atoms with van der Waals surface area (Å²) in [4.78, 5) is 25.7. The minimum absolute atomic E-state index is 0.0370. The van der Waals surface area contributed by atoms with Crippen LogP contribution in [-0.4, -0.2) is 21.0 Å². The zero-order valence-corrected chi connectivity index (χ0v) is 9.78. The van der Waals surface area contributed by atoms with E-state index >= 15 is 0 Å². The zero-order valence-electron chi connectivity index (χ0n) is 9.78. The zero-order chi connectivity index (χ0) is 14.0. The summed E-state index contributed by atoms with van der Waals surface area (Å²) in [5.41, 5.74) is 4.98. The number of amides is 1. The van der Waals surface area contributed by atoms with Crippen molar-refractivity contribution < 1.29 is 14.2 Å². The van der Waals surface area contributed by atoms with E-state index in [9.17, 15) is 14.9 Å². The maximum absolute atomic E-state index is 11.9. The maximum atomic E-state index is 11.9. The number of nitro benzene ring substituents is 1. The molecule has 1 aromatic carbocycles. The minimum Gasteiger partial charge on any atom is -0.393 e. The SMILES string of the molecule is Cc1noc(NC(=O)c2cccc([N+](=O)[O-])c2N)n1. The molecule has 0 fully saturated rings. The topological polar surface area (TPSA) is 137 Å². The summed E-state index contributed by atoms with van der Waals surface area (Å²) in [5, 5.41) is 16.5. The number of hydrogen-bond donors (Lipinski definition) is 2. The predicted octanol–water partition coefficient (Wildman–Crippen LogP) is 1.12. The number of anilines is 2. The van der Waals surface area contributed by atoms with Crippen LogP contribution in [0.15, 0.2) is 22.7 Å². The summed E-state index contributed by atoms with van der Waals surface area (Å²) in [6.45, 7) is 1.58. The van der Waals surface area contributed by atoms with Gasteiger partial charge in [-0.05, 0) is 13.0 Å². The highest BCUT2D eigenvalue weighted by molar-refractivity contribution is 6.08. The predicted molar refractivity (Wildman–Crippen MR) is 64.5 cm³/mol. The smallest absolute Gasteiger partial charge is 0.328 e. The van der Waals surface area contributed by atoms with Crippen LogP contribution in [-0.2, 0) is 0 Å².